The minimum Gasteiger partial charge on any atom is -0.496 e. The molecule has 0 bridgehead atoms. The molecule has 2 rings (SSSR count). The van der Waals surface area contributed by atoms with E-state index in [2.05, 4.69) is 5.32 Å². The smallest absolute Gasteiger partial charge is 0.132 e. The summed E-state index contributed by atoms with van der Waals surface area (Å²) in [5, 5.41) is 4.19. The molecule has 0 atom stereocenters. The lowest BCUT2D eigenvalue weighted by Gasteiger charge is -2.08. The number of thioether (sulfide) groups is 1. The normalized spacial score (nSPS) is 15.3. The van der Waals surface area contributed by atoms with Crippen molar-refractivity contribution in [3.05, 3.63) is 23.2 Å². The van der Waals surface area contributed by atoms with Crippen LogP contribution in [0.5, 0.6) is 5.75 Å². The molecule has 0 saturated heterocycles. The molecule has 0 radical (unpaired) electrons. The Morgan fingerprint density at radius 3 is 3.00 bits per heavy atom. The van der Waals surface area contributed by atoms with Crippen LogP contribution in [0.2, 0.25) is 5.02 Å². The summed E-state index contributed by atoms with van der Waals surface area (Å²) < 4.78 is 5.27. The molecule has 82 valence electrons. The summed E-state index contributed by atoms with van der Waals surface area (Å²) in [4.78, 5) is 1.10. The Morgan fingerprint density at radius 2 is 2.33 bits per heavy atom. The second kappa shape index (κ2) is 5.10. The molecule has 1 aromatic carbocycles. The van der Waals surface area contributed by atoms with Gasteiger partial charge in [0.1, 0.15) is 5.75 Å². The van der Waals surface area contributed by atoms with Crippen molar-refractivity contribution in [2.24, 2.45) is 0 Å². The molecule has 1 fully saturated rings. The molecular weight excluding hydrogens is 230 g/mol. The zero-order valence-corrected chi connectivity index (χ0v) is 10.2. The Hall–Kier alpha value is -0.380. The second-order valence-corrected chi connectivity index (χ2v) is 5.02. The highest BCUT2D eigenvalue weighted by atomic mass is 35.5. The Kier molecular flexibility index (Phi) is 3.78. The van der Waals surface area contributed by atoms with Gasteiger partial charge in [0.05, 0.1) is 12.0 Å². The van der Waals surface area contributed by atoms with E-state index in [1.54, 1.807) is 18.9 Å². The monoisotopic (exact) mass is 243 g/mol. The fourth-order valence-corrected chi connectivity index (χ4v) is 2.50. The van der Waals surface area contributed by atoms with Gasteiger partial charge in [-0.2, -0.15) is 0 Å². The molecule has 1 aromatic rings. The molecule has 0 unspecified atom stereocenters. The highest BCUT2D eigenvalue weighted by Crippen LogP contribution is 2.31. The van der Waals surface area contributed by atoms with Crippen molar-refractivity contribution in [1.82, 2.24) is 5.32 Å². The number of rotatable bonds is 5. The second-order valence-electron chi connectivity index (χ2n) is 3.56. The number of benzene rings is 1. The molecular formula is C11H14ClNOS. The highest BCUT2D eigenvalue weighted by Gasteiger charge is 2.20. The van der Waals surface area contributed by atoms with Gasteiger partial charge >= 0.3 is 0 Å². The largest absolute Gasteiger partial charge is 0.496 e. The first-order valence-corrected chi connectivity index (χ1v) is 6.35. The number of hydrogen-bond donors (Lipinski definition) is 1. The van der Waals surface area contributed by atoms with Crippen LogP contribution in [0.4, 0.5) is 0 Å². The van der Waals surface area contributed by atoms with Crippen molar-refractivity contribution < 1.29 is 4.74 Å². The molecule has 15 heavy (non-hydrogen) atoms. The van der Waals surface area contributed by atoms with Gasteiger partial charge in [-0.3, -0.25) is 0 Å². The topological polar surface area (TPSA) is 21.3 Å². The standard InChI is InChI=1S/C11H14ClNOS/c1-14-10-5-2-8(12)6-11(10)15-7-13-9-3-4-9/h2,5-6,9,13H,3-4,7H2,1H3. The van der Waals surface area contributed by atoms with Crippen LogP contribution in [0.1, 0.15) is 12.8 Å². The van der Waals surface area contributed by atoms with E-state index in [1.165, 1.54) is 12.8 Å². The van der Waals surface area contributed by atoms with Crippen molar-refractivity contribution in [3.8, 4) is 5.75 Å². The van der Waals surface area contributed by atoms with Gasteiger partial charge in [0.15, 0.2) is 0 Å². The summed E-state index contributed by atoms with van der Waals surface area (Å²) in [5.74, 6) is 1.81. The quantitative estimate of drug-likeness (QED) is 0.634. The molecule has 1 N–H and O–H groups in total. The average Bonchev–Trinajstić information content (AvgIpc) is 3.02. The van der Waals surface area contributed by atoms with Crippen molar-refractivity contribution in [3.63, 3.8) is 0 Å². The first-order valence-electron chi connectivity index (χ1n) is 4.99. The summed E-state index contributed by atoms with van der Waals surface area (Å²) >= 11 is 7.67. The number of nitrogens with one attached hydrogen (secondary N) is 1. The lowest BCUT2D eigenvalue weighted by molar-refractivity contribution is 0.405. The summed E-state index contributed by atoms with van der Waals surface area (Å²) in [6.45, 7) is 0. The molecule has 1 saturated carbocycles. The Morgan fingerprint density at radius 1 is 1.53 bits per heavy atom. The summed E-state index contributed by atoms with van der Waals surface area (Å²) in [6.07, 6.45) is 2.63. The average molecular weight is 244 g/mol. The van der Waals surface area contributed by atoms with Gasteiger partial charge in [-0.05, 0) is 31.0 Å². The predicted molar refractivity (Wildman–Crippen MR) is 64.9 cm³/mol. The van der Waals surface area contributed by atoms with Crippen LogP contribution < -0.4 is 10.1 Å². The van der Waals surface area contributed by atoms with Gasteiger partial charge in [0.2, 0.25) is 0 Å². The minimum atomic E-state index is 0.739. The zero-order valence-electron chi connectivity index (χ0n) is 8.63. The van der Waals surface area contributed by atoms with Gasteiger partial charge < -0.3 is 10.1 Å². The Bertz CT molecular complexity index is 341. The first kappa shape index (κ1) is 11.1. The van der Waals surface area contributed by atoms with Crippen LogP contribution in [0.3, 0.4) is 0 Å². The third-order valence-electron chi connectivity index (χ3n) is 2.30. The molecule has 0 aromatic heterocycles. The Balaban J connectivity index is 1.94. The van der Waals surface area contributed by atoms with E-state index < -0.39 is 0 Å². The molecule has 1 aliphatic rings. The molecule has 0 heterocycles. The third kappa shape index (κ3) is 3.30. The van der Waals surface area contributed by atoms with E-state index in [0.717, 1.165) is 27.6 Å². The van der Waals surface area contributed by atoms with Gasteiger partial charge in [-0.1, -0.05) is 11.6 Å². The molecule has 0 spiro atoms. The minimum absolute atomic E-state index is 0.739. The molecule has 2 nitrogen and oxygen atoms in total. The predicted octanol–water partition coefficient (Wildman–Crippen LogP) is 3.15. The van der Waals surface area contributed by atoms with E-state index in [-0.39, 0.29) is 0 Å². The van der Waals surface area contributed by atoms with Crippen molar-refractivity contribution in [1.29, 1.82) is 0 Å². The van der Waals surface area contributed by atoms with Crippen LogP contribution in [0, 0.1) is 0 Å². The van der Waals surface area contributed by atoms with Crippen LogP contribution in [0.25, 0.3) is 0 Å². The fraction of sp³-hybridized carbons (Fsp3) is 0.455. The van der Waals surface area contributed by atoms with E-state index in [4.69, 9.17) is 16.3 Å². The van der Waals surface area contributed by atoms with E-state index in [0.29, 0.717) is 0 Å². The van der Waals surface area contributed by atoms with Crippen LogP contribution in [-0.2, 0) is 0 Å². The lowest BCUT2D eigenvalue weighted by Crippen LogP contribution is -2.14. The van der Waals surface area contributed by atoms with Crippen molar-refractivity contribution in [2.75, 3.05) is 13.0 Å². The lowest BCUT2D eigenvalue weighted by atomic mass is 10.3. The SMILES string of the molecule is COc1ccc(Cl)cc1SCNC1CC1. The van der Waals surface area contributed by atoms with Gasteiger partial charge in [-0.25, -0.2) is 0 Å². The van der Waals surface area contributed by atoms with E-state index >= 15 is 0 Å². The highest BCUT2D eigenvalue weighted by molar-refractivity contribution is 7.99. The number of ether oxygens (including phenoxy) is 1. The number of methoxy groups -OCH3 is 1. The first-order chi connectivity index (χ1) is 7.29. The molecule has 1 aliphatic carbocycles. The summed E-state index contributed by atoms with van der Waals surface area (Å²) in [5.41, 5.74) is 0. The third-order valence-corrected chi connectivity index (χ3v) is 3.48. The summed E-state index contributed by atoms with van der Waals surface area (Å²) in [7, 11) is 1.68. The van der Waals surface area contributed by atoms with Crippen LogP contribution in [-0.4, -0.2) is 19.0 Å². The maximum Gasteiger partial charge on any atom is 0.132 e. The number of hydrogen-bond acceptors (Lipinski definition) is 3. The maximum absolute atomic E-state index is 5.94. The fourth-order valence-electron chi connectivity index (χ4n) is 1.29. The summed E-state index contributed by atoms with van der Waals surface area (Å²) in [6, 6.07) is 6.43. The Labute approximate surface area is 99.3 Å². The van der Waals surface area contributed by atoms with Crippen LogP contribution in [0.15, 0.2) is 23.1 Å². The molecule has 4 heteroatoms. The van der Waals surface area contributed by atoms with Gasteiger partial charge in [0.25, 0.3) is 0 Å². The molecule has 0 amide bonds. The molecule has 0 aliphatic heterocycles. The van der Waals surface area contributed by atoms with Gasteiger partial charge in [0, 0.05) is 16.9 Å². The number of halogens is 1. The van der Waals surface area contributed by atoms with Crippen molar-refractivity contribution in [2.45, 2.75) is 23.8 Å². The maximum atomic E-state index is 5.94. The van der Waals surface area contributed by atoms with E-state index in [9.17, 15) is 0 Å². The van der Waals surface area contributed by atoms with Crippen molar-refractivity contribution >= 4 is 23.4 Å². The van der Waals surface area contributed by atoms with Crippen LogP contribution >= 0.6 is 23.4 Å². The zero-order chi connectivity index (χ0) is 10.7. The van der Waals surface area contributed by atoms with E-state index in [1.807, 2.05) is 18.2 Å². The van der Waals surface area contributed by atoms with Gasteiger partial charge in [-0.15, -0.1) is 11.8 Å².